The number of allylic oxidation sites excluding steroid dienone is 1. The average Bonchev–Trinajstić information content (AvgIpc) is 3.17. The number of ether oxygens (including phenoxy) is 1. The molecule has 0 aromatic heterocycles. The first-order valence-corrected chi connectivity index (χ1v) is 12.7. The number of para-hydroxylation sites is 1. The zero-order valence-corrected chi connectivity index (χ0v) is 19.6. The van der Waals surface area contributed by atoms with Crippen molar-refractivity contribution in [2.24, 2.45) is 29.1 Å². The zero-order chi connectivity index (χ0) is 23.1. The van der Waals surface area contributed by atoms with Gasteiger partial charge in [-0.1, -0.05) is 36.6 Å². The Morgan fingerprint density at radius 1 is 1.12 bits per heavy atom. The summed E-state index contributed by atoms with van der Waals surface area (Å²) in [5, 5.41) is 3.17. The molecule has 5 rings (SSSR count). The van der Waals surface area contributed by atoms with Crippen molar-refractivity contribution in [1.29, 1.82) is 0 Å². The molecule has 33 heavy (non-hydrogen) atoms. The molecule has 1 aromatic rings. The van der Waals surface area contributed by atoms with Gasteiger partial charge < -0.3 is 10.1 Å². The van der Waals surface area contributed by atoms with Crippen LogP contribution in [0, 0.1) is 41.4 Å². The van der Waals surface area contributed by atoms with Gasteiger partial charge in [-0.2, -0.15) is 0 Å². The Labute approximate surface area is 197 Å². The van der Waals surface area contributed by atoms with E-state index in [0.717, 1.165) is 57.1 Å². The van der Waals surface area contributed by atoms with E-state index in [2.05, 4.69) is 18.2 Å². The first kappa shape index (κ1) is 22.3. The van der Waals surface area contributed by atoms with E-state index < -0.39 is 5.60 Å². The van der Waals surface area contributed by atoms with Gasteiger partial charge in [0.1, 0.15) is 6.54 Å². The van der Waals surface area contributed by atoms with E-state index in [-0.39, 0.29) is 17.9 Å². The fourth-order valence-electron chi connectivity index (χ4n) is 8.08. The lowest BCUT2D eigenvalue weighted by atomic mass is 9.49. The minimum absolute atomic E-state index is 0.119. The van der Waals surface area contributed by atoms with Crippen LogP contribution in [-0.4, -0.2) is 23.9 Å². The first-order valence-electron chi connectivity index (χ1n) is 12.7. The Bertz CT molecular complexity index is 992. The summed E-state index contributed by atoms with van der Waals surface area (Å²) in [6.07, 6.45) is 16.9. The van der Waals surface area contributed by atoms with Crippen LogP contribution in [0.5, 0.6) is 0 Å². The molecular formula is C29H35NO3. The Kier molecular flexibility index (Phi) is 5.85. The van der Waals surface area contributed by atoms with Crippen molar-refractivity contribution in [3.05, 3.63) is 42.0 Å². The lowest BCUT2D eigenvalue weighted by Crippen LogP contribution is -2.55. The second-order valence-electron chi connectivity index (χ2n) is 10.6. The Morgan fingerprint density at radius 2 is 1.94 bits per heavy atom. The molecular weight excluding hydrogens is 410 g/mol. The van der Waals surface area contributed by atoms with Gasteiger partial charge >= 0.3 is 5.97 Å². The van der Waals surface area contributed by atoms with Gasteiger partial charge in [0.15, 0.2) is 11.4 Å². The molecule has 0 radical (unpaired) electrons. The van der Waals surface area contributed by atoms with Crippen molar-refractivity contribution in [2.45, 2.75) is 70.3 Å². The maximum atomic E-state index is 13.0. The van der Waals surface area contributed by atoms with Gasteiger partial charge in [0.2, 0.25) is 0 Å². The van der Waals surface area contributed by atoms with Crippen molar-refractivity contribution >= 4 is 17.4 Å². The van der Waals surface area contributed by atoms with Crippen molar-refractivity contribution < 1.29 is 14.3 Å². The number of fused-ring (bicyclic) bond motifs is 5. The molecule has 4 heteroatoms. The van der Waals surface area contributed by atoms with Crippen LogP contribution in [0.25, 0.3) is 0 Å². The minimum Gasteiger partial charge on any atom is -0.444 e. The topological polar surface area (TPSA) is 55.4 Å². The molecule has 0 amide bonds. The number of benzene rings is 1. The van der Waals surface area contributed by atoms with Crippen LogP contribution in [-0.2, 0) is 14.3 Å². The summed E-state index contributed by atoms with van der Waals surface area (Å²) in [5.74, 6) is 5.38. The number of nitrogens with one attached hydrogen (secondary N) is 1. The van der Waals surface area contributed by atoms with Gasteiger partial charge in [-0.05, 0) is 93.2 Å². The second kappa shape index (κ2) is 8.67. The predicted octanol–water partition coefficient (Wildman–Crippen LogP) is 5.55. The number of anilines is 1. The monoisotopic (exact) mass is 445 g/mol. The number of terminal acetylenes is 1. The lowest BCUT2D eigenvalue weighted by molar-refractivity contribution is -0.171. The van der Waals surface area contributed by atoms with E-state index in [4.69, 9.17) is 11.2 Å². The quantitative estimate of drug-likeness (QED) is 0.477. The van der Waals surface area contributed by atoms with Gasteiger partial charge in [0.25, 0.3) is 0 Å². The minimum atomic E-state index is -0.814. The molecule has 1 N–H and O–H groups in total. The number of rotatable bonds is 5. The number of hydrogen-bond donors (Lipinski definition) is 1. The van der Waals surface area contributed by atoms with Gasteiger partial charge in [-0.15, -0.1) is 6.42 Å². The summed E-state index contributed by atoms with van der Waals surface area (Å²) in [5.41, 5.74) is 1.34. The van der Waals surface area contributed by atoms with Crippen molar-refractivity contribution in [3.8, 4) is 12.3 Å². The molecule has 6 atom stereocenters. The van der Waals surface area contributed by atoms with E-state index in [1.54, 1.807) is 0 Å². The third-order valence-corrected chi connectivity index (χ3v) is 9.48. The number of carbonyl (C=O) groups excluding carboxylic acids is 2. The van der Waals surface area contributed by atoms with Gasteiger partial charge in [0.05, 0.1) is 0 Å². The molecule has 4 aliphatic rings. The molecule has 0 heterocycles. The van der Waals surface area contributed by atoms with E-state index >= 15 is 0 Å². The van der Waals surface area contributed by atoms with Crippen molar-refractivity contribution in [2.75, 3.05) is 11.9 Å². The smallest absolute Gasteiger partial charge is 0.326 e. The number of esters is 1. The summed E-state index contributed by atoms with van der Waals surface area (Å²) in [6, 6.07) is 9.71. The van der Waals surface area contributed by atoms with Crippen LogP contribution in [0.15, 0.2) is 42.0 Å². The molecule has 4 unspecified atom stereocenters. The van der Waals surface area contributed by atoms with Crippen LogP contribution in [0.2, 0.25) is 0 Å². The molecule has 174 valence electrons. The fraction of sp³-hybridized carbons (Fsp3) is 0.586. The Hall–Kier alpha value is -2.54. The molecule has 0 spiro atoms. The maximum absolute atomic E-state index is 13.0. The fourth-order valence-corrected chi connectivity index (χ4v) is 8.08. The van der Waals surface area contributed by atoms with E-state index in [0.29, 0.717) is 35.9 Å². The van der Waals surface area contributed by atoms with Gasteiger partial charge in [0, 0.05) is 17.5 Å². The second-order valence-corrected chi connectivity index (χ2v) is 10.6. The molecule has 4 aliphatic carbocycles. The summed E-state index contributed by atoms with van der Waals surface area (Å²) < 4.78 is 6.24. The summed E-state index contributed by atoms with van der Waals surface area (Å²) >= 11 is 0. The molecule has 1 aromatic carbocycles. The predicted molar refractivity (Wildman–Crippen MR) is 129 cm³/mol. The van der Waals surface area contributed by atoms with Gasteiger partial charge in [-0.3, -0.25) is 9.59 Å². The molecule has 0 aliphatic heterocycles. The normalized spacial score (nSPS) is 37.1. The highest BCUT2D eigenvalue weighted by Gasteiger charge is 2.65. The van der Waals surface area contributed by atoms with Crippen molar-refractivity contribution in [3.63, 3.8) is 0 Å². The number of hydrogen-bond acceptors (Lipinski definition) is 4. The molecule has 3 fully saturated rings. The largest absolute Gasteiger partial charge is 0.444 e. The SMILES string of the molecule is C#C[C@]1(OC(=O)CNc2ccccc2)CCC2C3CCC4=CC(=O)CCC4C3CC[C@@]21CC. The maximum Gasteiger partial charge on any atom is 0.326 e. The van der Waals surface area contributed by atoms with E-state index in [9.17, 15) is 9.59 Å². The van der Waals surface area contributed by atoms with Gasteiger partial charge in [-0.25, -0.2) is 0 Å². The Balaban J connectivity index is 1.35. The third kappa shape index (κ3) is 3.61. The lowest BCUT2D eigenvalue weighted by Gasteiger charge is -2.56. The van der Waals surface area contributed by atoms with Crippen LogP contribution in [0.3, 0.4) is 0 Å². The van der Waals surface area contributed by atoms with E-state index in [1.165, 1.54) is 5.57 Å². The molecule has 0 bridgehead atoms. The third-order valence-electron chi connectivity index (χ3n) is 9.48. The average molecular weight is 446 g/mol. The van der Waals surface area contributed by atoms with Crippen LogP contribution < -0.4 is 5.32 Å². The summed E-state index contributed by atoms with van der Waals surface area (Å²) in [7, 11) is 0. The standard InChI is InChI=1S/C29H35NO3/c1-3-28-16-14-24-23-13-11-22(31)18-20(23)10-12-25(24)26(28)15-17-29(28,4-2)33-27(32)19-30-21-8-6-5-7-9-21/h2,5-9,18,23-26,30H,3,10-17,19H2,1H3/t23?,24?,25?,26?,28-,29-/m0/s1. The van der Waals surface area contributed by atoms with Crippen molar-refractivity contribution in [1.82, 2.24) is 0 Å². The zero-order valence-electron chi connectivity index (χ0n) is 19.6. The summed E-state index contributed by atoms with van der Waals surface area (Å²) in [6.45, 7) is 2.35. The highest BCUT2D eigenvalue weighted by atomic mass is 16.6. The molecule has 0 saturated heterocycles. The highest BCUT2D eigenvalue weighted by molar-refractivity contribution is 5.91. The molecule has 4 nitrogen and oxygen atoms in total. The van der Waals surface area contributed by atoms with Crippen LogP contribution in [0.4, 0.5) is 5.69 Å². The van der Waals surface area contributed by atoms with E-state index in [1.807, 2.05) is 36.4 Å². The summed E-state index contributed by atoms with van der Waals surface area (Å²) in [4.78, 5) is 24.9. The van der Waals surface area contributed by atoms with Crippen LogP contribution >= 0.6 is 0 Å². The number of ketones is 1. The van der Waals surface area contributed by atoms with Crippen LogP contribution in [0.1, 0.15) is 64.7 Å². The molecule has 3 saturated carbocycles. The highest BCUT2D eigenvalue weighted by Crippen LogP contribution is 2.67. The first-order chi connectivity index (χ1) is 16.0. The Morgan fingerprint density at radius 3 is 2.70 bits per heavy atom. The number of carbonyl (C=O) groups is 2.